The molecular formula is C28H29N3S2. The quantitative estimate of drug-likeness (QED) is 0.385. The molecule has 0 fully saturated rings. The Morgan fingerprint density at radius 2 is 1.61 bits per heavy atom. The number of likely N-dealkylation sites (N-methyl/N-ethyl adjacent to an activating group) is 1. The minimum atomic E-state index is 0.276. The fourth-order valence-electron chi connectivity index (χ4n) is 4.22. The molecule has 0 radical (unpaired) electrons. The number of rotatable bonds is 6. The molecule has 5 rings (SSSR count). The summed E-state index contributed by atoms with van der Waals surface area (Å²) in [4.78, 5) is 8.38. The van der Waals surface area contributed by atoms with Crippen LogP contribution in [0.3, 0.4) is 0 Å². The van der Waals surface area contributed by atoms with Gasteiger partial charge in [0.05, 0.1) is 21.8 Å². The van der Waals surface area contributed by atoms with Gasteiger partial charge < -0.3 is 14.7 Å². The maximum absolute atomic E-state index is 2.43. The van der Waals surface area contributed by atoms with Crippen molar-refractivity contribution in [1.82, 2.24) is 4.90 Å². The van der Waals surface area contributed by atoms with Crippen LogP contribution in [0.2, 0.25) is 0 Å². The van der Waals surface area contributed by atoms with E-state index < -0.39 is 0 Å². The van der Waals surface area contributed by atoms with Crippen LogP contribution >= 0.6 is 23.5 Å². The largest absolute Gasteiger partial charge is 0.358 e. The van der Waals surface area contributed by atoms with Crippen LogP contribution in [0, 0.1) is 0 Å². The number of fused-ring (bicyclic) bond motifs is 2. The van der Waals surface area contributed by atoms with E-state index >= 15 is 0 Å². The fourth-order valence-corrected chi connectivity index (χ4v) is 6.67. The first-order valence-corrected chi connectivity index (χ1v) is 13.1. The number of hydrogen-bond acceptors (Lipinski definition) is 5. The van der Waals surface area contributed by atoms with Gasteiger partial charge in [0.1, 0.15) is 0 Å². The standard InChI is InChI=1S/C28H29N3S2/c1-29(2)17-18-32-28-20-21(19-27-30(3)25-15-9-10-16-26(25)33-27)23-13-7-8-14-24(23)31(28)22-11-5-4-6-12-22/h4-16,19-20,27H,17-18H2,1-3H3. The van der Waals surface area contributed by atoms with Crippen LogP contribution in [0.15, 0.2) is 101 Å². The van der Waals surface area contributed by atoms with Gasteiger partial charge in [0.25, 0.3) is 0 Å². The molecule has 0 amide bonds. The van der Waals surface area contributed by atoms with E-state index in [2.05, 4.69) is 127 Å². The topological polar surface area (TPSA) is 9.72 Å². The lowest BCUT2D eigenvalue weighted by Crippen LogP contribution is -2.24. The molecule has 0 N–H and O–H groups in total. The maximum atomic E-state index is 2.43. The highest BCUT2D eigenvalue weighted by Gasteiger charge is 2.29. The number of benzene rings is 3. The van der Waals surface area contributed by atoms with Crippen LogP contribution in [0.25, 0.3) is 5.57 Å². The summed E-state index contributed by atoms with van der Waals surface area (Å²) >= 11 is 3.85. The first-order valence-electron chi connectivity index (χ1n) is 11.3. The molecule has 33 heavy (non-hydrogen) atoms. The van der Waals surface area contributed by atoms with Gasteiger partial charge in [-0.25, -0.2) is 0 Å². The molecule has 3 aromatic carbocycles. The molecule has 0 aromatic heterocycles. The number of allylic oxidation sites excluding steroid dienone is 2. The molecule has 0 bridgehead atoms. The van der Waals surface area contributed by atoms with Crippen molar-refractivity contribution in [3.63, 3.8) is 0 Å². The summed E-state index contributed by atoms with van der Waals surface area (Å²) in [5, 5.41) is 1.55. The lowest BCUT2D eigenvalue weighted by molar-refractivity contribution is 0.437. The third-order valence-corrected chi connectivity index (χ3v) is 8.23. The van der Waals surface area contributed by atoms with Crippen LogP contribution in [0.4, 0.5) is 17.1 Å². The average molecular weight is 472 g/mol. The van der Waals surface area contributed by atoms with Crippen LogP contribution in [-0.4, -0.2) is 43.7 Å². The Hall–Kier alpha value is -2.60. The Bertz CT molecular complexity index is 1190. The van der Waals surface area contributed by atoms with Gasteiger partial charge in [-0.3, -0.25) is 0 Å². The molecule has 5 heteroatoms. The third-order valence-electron chi connectivity index (χ3n) is 5.95. The van der Waals surface area contributed by atoms with E-state index in [9.17, 15) is 0 Å². The minimum absolute atomic E-state index is 0.276. The SMILES string of the molecule is CN(C)CCSC1=CC(=CC2Sc3ccccc3N2C)c2ccccc2N1c1ccccc1. The van der Waals surface area contributed by atoms with E-state index in [1.165, 1.54) is 38.1 Å². The zero-order valence-corrected chi connectivity index (χ0v) is 20.9. The highest BCUT2D eigenvalue weighted by atomic mass is 32.2. The predicted molar refractivity (Wildman–Crippen MR) is 147 cm³/mol. The Morgan fingerprint density at radius 3 is 2.36 bits per heavy atom. The summed E-state index contributed by atoms with van der Waals surface area (Å²) in [6.07, 6.45) is 4.81. The number of anilines is 3. The first-order chi connectivity index (χ1) is 16.1. The van der Waals surface area contributed by atoms with E-state index in [-0.39, 0.29) is 5.37 Å². The molecule has 0 saturated heterocycles. The number of thioether (sulfide) groups is 2. The monoisotopic (exact) mass is 471 g/mol. The van der Waals surface area contributed by atoms with E-state index in [0.717, 1.165) is 12.3 Å². The zero-order valence-electron chi connectivity index (χ0n) is 19.3. The Kier molecular flexibility index (Phi) is 6.54. The highest BCUT2D eigenvalue weighted by molar-refractivity contribution is 8.03. The van der Waals surface area contributed by atoms with Gasteiger partial charge in [0.2, 0.25) is 0 Å². The van der Waals surface area contributed by atoms with Gasteiger partial charge in [-0.2, -0.15) is 0 Å². The molecule has 2 heterocycles. The number of para-hydroxylation sites is 3. The smallest absolute Gasteiger partial charge is 0.0988 e. The van der Waals surface area contributed by atoms with Gasteiger partial charge in [0, 0.05) is 35.5 Å². The number of hydrogen-bond donors (Lipinski definition) is 0. The summed E-state index contributed by atoms with van der Waals surface area (Å²) in [5.74, 6) is 1.04. The molecule has 2 aliphatic heterocycles. The molecule has 3 aromatic rings. The lowest BCUT2D eigenvalue weighted by Gasteiger charge is -2.34. The second kappa shape index (κ2) is 9.72. The van der Waals surface area contributed by atoms with Crippen molar-refractivity contribution >= 4 is 46.2 Å². The average Bonchev–Trinajstić information content (AvgIpc) is 3.15. The van der Waals surface area contributed by atoms with Crippen molar-refractivity contribution in [2.45, 2.75) is 10.3 Å². The Balaban J connectivity index is 1.56. The van der Waals surface area contributed by atoms with Gasteiger partial charge in [-0.05, 0) is 62.2 Å². The molecule has 2 aliphatic rings. The summed E-state index contributed by atoms with van der Waals surface area (Å²) in [6, 6.07) is 28.2. The van der Waals surface area contributed by atoms with Gasteiger partial charge >= 0.3 is 0 Å². The Labute approximate surface area is 205 Å². The van der Waals surface area contributed by atoms with Crippen molar-refractivity contribution in [3.8, 4) is 0 Å². The molecule has 0 spiro atoms. The summed E-state index contributed by atoms with van der Waals surface area (Å²) in [7, 11) is 6.47. The van der Waals surface area contributed by atoms with Crippen molar-refractivity contribution in [1.29, 1.82) is 0 Å². The second-order valence-corrected chi connectivity index (χ2v) is 10.8. The molecule has 168 valence electrons. The Morgan fingerprint density at radius 1 is 0.909 bits per heavy atom. The molecule has 3 nitrogen and oxygen atoms in total. The summed E-state index contributed by atoms with van der Waals surface area (Å²) in [5.41, 5.74) is 6.33. The predicted octanol–water partition coefficient (Wildman–Crippen LogP) is 6.93. The van der Waals surface area contributed by atoms with Gasteiger partial charge in [-0.15, -0.1) is 11.8 Å². The van der Waals surface area contributed by atoms with Gasteiger partial charge in [0.15, 0.2) is 0 Å². The molecule has 0 saturated carbocycles. The number of nitrogens with zero attached hydrogens (tertiary/aromatic N) is 3. The van der Waals surface area contributed by atoms with Crippen molar-refractivity contribution in [2.24, 2.45) is 0 Å². The molecular weight excluding hydrogens is 442 g/mol. The van der Waals surface area contributed by atoms with Crippen LogP contribution in [0.5, 0.6) is 0 Å². The minimum Gasteiger partial charge on any atom is -0.358 e. The van der Waals surface area contributed by atoms with E-state index in [1.807, 2.05) is 23.5 Å². The highest BCUT2D eigenvalue weighted by Crippen LogP contribution is 2.47. The van der Waals surface area contributed by atoms with E-state index in [0.29, 0.717) is 0 Å². The lowest BCUT2D eigenvalue weighted by atomic mass is 9.98. The van der Waals surface area contributed by atoms with Crippen LogP contribution in [-0.2, 0) is 0 Å². The zero-order chi connectivity index (χ0) is 22.8. The van der Waals surface area contributed by atoms with E-state index in [1.54, 1.807) is 0 Å². The van der Waals surface area contributed by atoms with Crippen molar-refractivity contribution in [3.05, 3.63) is 102 Å². The third kappa shape index (κ3) is 4.58. The molecule has 0 aliphatic carbocycles. The van der Waals surface area contributed by atoms with Crippen LogP contribution < -0.4 is 9.80 Å². The molecule has 1 atom stereocenters. The van der Waals surface area contributed by atoms with Crippen molar-refractivity contribution in [2.75, 3.05) is 43.2 Å². The first kappa shape index (κ1) is 22.2. The molecule has 1 unspecified atom stereocenters. The van der Waals surface area contributed by atoms with Gasteiger partial charge in [-0.1, -0.05) is 60.3 Å². The van der Waals surface area contributed by atoms with E-state index in [4.69, 9.17) is 0 Å². The summed E-state index contributed by atoms with van der Waals surface area (Å²) < 4.78 is 0. The second-order valence-electron chi connectivity index (χ2n) is 8.53. The summed E-state index contributed by atoms with van der Waals surface area (Å²) in [6.45, 7) is 1.04. The fraction of sp³-hybridized carbons (Fsp3) is 0.214. The van der Waals surface area contributed by atoms with Crippen LogP contribution in [0.1, 0.15) is 5.56 Å². The maximum Gasteiger partial charge on any atom is 0.0988 e. The van der Waals surface area contributed by atoms with Crippen molar-refractivity contribution < 1.29 is 0 Å². The normalized spacial score (nSPS) is 18.5.